The van der Waals surface area contributed by atoms with Crippen molar-refractivity contribution in [1.29, 1.82) is 0 Å². The Kier molecular flexibility index (Phi) is 4.43. The molecule has 0 spiro atoms. The molecule has 1 amide bonds. The van der Waals surface area contributed by atoms with E-state index in [4.69, 9.17) is 0 Å². The fraction of sp³-hybridized carbons (Fsp3) is 0.692. The number of hydrogen-bond acceptors (Lipinski definition) is 2. The van der Waals surface area contributed by atoms with Crippen LogP contribution in [0.2, 0.25) is 0 Å². The molecule has 1 saturated carbocycles. The molecule has 1 aromatic rings. The normalized spacial score (nSPS) is 18.6. The Labute approximate surface area is 116 Å². The van der Waals surface area contributed by atoms with Gasteiger partial charge in [-0.15, -0.1) is 0 Å². The molecule has 100 valence electrons. The van der Waals surface area contributed by atoms with E-state index < -0.39 is 0 Å². The average Bonchev–Trinajstić information content (AvgIpc) is 2.70. The van der Waals surface area contributed by atoms with Gasteiger partial charge in [-0.3, -0.25) is 9.48 Å². The summed E-state index contributed by atoms with van der Waals surface area (Å²) >= 11 is 3.42. The molecule has 1 aliphatic rings. The van der Waals surface area contributed by atoms with Gasteiger partial charge in [-0.1, -0.05) is 19.3 Å². The van der Waals surface area contributed by atoms with E-state index in [2.05, 4.69) is 26.3 Å². The Balaban J connectivity index is 1.95. The van der Waals surface area contributed by atoms with Gasteiger partial charge in [-0.25, -0.2) is 0 Å². The van der Waals surface area contributed by atoms with E-state index in [0.717, 1.165) is 23.0 Å². The summed E-state index contributed by atoms with van der Waals surface area (Å²) < 4.78 is 2.66. The van der Waals surface area contributed by atoms with Gasteiger partial charge >= 0.3 is 0 Å². The quantitative estimate of drug-likeness (QED) is 0.932. The van der Waals surface area contributed by atoms with Gasteiger partial charge in [0.25, 0.3) is 0 Å². The van der Waals surface area contributed by atoms with Crippen LogP contribution in [0.15, 0.2) is 10.7 Å². The summed E-state index contributed by atoms with van der Waals surface area (Å²) in [5, 5.41) is 7.46. The first-order chi connectivity index (χ1) is 8.58. The van der Waals surface area contributed by atoms with Crippen LogP contribution in [0.4, 0.5) is 0 Å². The van der Waals surface area contributed by atoms with Crippen molar-refractivity contribution in [3.05, 3.63) is 16.4 Å². The minimum atomic E-state index is -0.253. The number of hydrogen-bond donors (Lipinski definition) is 1. The van der Waals surface area contributed by atoms with Crippen molar-refractivity contribution in [2.24, 2.45) is 0 Å². The molecular weight excluding hydrogens is 294 g/mol. The van der Waals surface area contributed by atoms with Gasteiger partial charge in [0.05, 0.1) is 10.2 Å². The lowest BCUT2D eigenvalue weighted by atomic mass is 9.95. The molecule has 18 heavy (non-hydrogen) atoms. The molecule has 0 unspecified atom stereocenters. The number of rotatable bonds is 3. The number of nitrogens with zero attached hydrogens (tertiary/aromatic N) is 2. The lowest BCUT2D eigenvalue weighted by molar-refractivity contribution is -0.125. The average molecular weight is 314 g/mol. The van der Waals surface area contributed by atoms with Crippen LogP contribution >= 0.6 is 15.9 Å². The maximum absolute atomic E-state index is 12.1. The number of nitrogens with one attached hydrogen (secondary N) is 1. The summed E-state index contributed by atoms with van der Waals surface area (Å²) in [7, 11) is 0. The first kappa shape index (κ1) is 13.6. The SMILES string of the molecule is Cc1nn([C@@H](C)C(=O)NC2CCCCC2)cc1Br. The van der Waals surface area contributed by atoms with E-state index >= 15 is 0 Å². The lowest BCUT2D eigenvalue weighted by Gasteiger charge is -2.24. The number of halogens is 1. The van der Waals surface area contributed by atoms with Crippen molar-refractivity contribution in [2.75, 3.05) is 0 Å². The molecule has 1 atom stereocenters. The third-order valence-corrected chi connectivity index (χ3v) is 4.36. The number of carbonyl (C=O) groups is 1. The molecule has 0 bridgehead atoms. The summed E-state index contributed by atoms with van der Waals surface area (Å²) in [5.41, 5.74) is 0.910. The summed E-state index contributed by atoms with van der Waals surface area (Å²) in [6.07, 6.45) is 7.84. The molecular formula is C13H20BrN3O. The predicted molar refractivity (Wildman–Crippen MR) is 74.4 cm³/mol. The Bertz CT molecular complexity index is 404. The highest BCUT2D eigenvalue weighted by Gasteiger charge is 2.21. The number of aryl methyl sites for hydroxylation is 1. The zero-order valence-corrected chi connectivity index (χ0v) is 12.5. The van der Waals surface area contributed by atoms with Crippen molar-refractivity contribution >= 4 is 21.8 Å². The fourth-order valence-electron chi connectivity index (χ4n) is 2.35. The van der Waals surface area contributed by atoms with Gasteiger partial charge < -0.3 is 5.32 Å². The predicted octanol–water partition coefficient (Wildman–Crippen LogP) is 2.96. The van der Waals surface area contributed by atoms with Crippen molar-refractivity contribution in [2.45, 2.75) is 58.0 Å². The Morgan fingerprint density at radius 2 is 2.17 bits per heavy atom. The second-order valence-electron chi connectivity index (χ2n) is 5.06. The molecule has 1 N–H and O–H groups in total. The van der Waals surface area contributed by atoms with Crippen LogP contribution in [0.3, 0.4) is 0 Å². The first-order valence-corrected chi connectivity index (χ1v) is 7.39. The summed E-state index contributed by atoms with van der Waals surface area (Å²) in [4.78, 5) is 12.1. The molecule has 0 aliphatic heterocycles. The molecule has 0 radical (unpaired) electrons. The third kappa shape index (κ3) is 3.13. The molecule has 5 heteroatoms. The topological polar surface area (TPSA) is 46.9 Å². The largest absolute Gasteiger partial charge is 0.352 e. The van der Waals surface area contributed by atoms with Crippen LogP contribution < -0.4 is 5.32 Å². The van der Waals surface area contributed by atoms with Gasteiger partial charge in [0.15, 0.2) is 0 Å². The number of amides is 1. The van der Waals surface area contributed by atoms with E-state index in [-0.39, 0.29) is 11.9 Å². The van der Waals surface area contributed by atoms with E-state index in [1.165, 1.54) is 19.3 Å². The van der Waals surface area contributed by atoms with E-state index in [1.807, 2.05) is 20.0 Å². The highest BCUT2D eigenvalue weighted by Crippen LogP contribution is 2.19. The van der Waals surface area contributed by atoms with Crippen molar-refractivity contribution in [1.82, 2.24) is 15.1 Å². The highest BCUT2D eigenvalue weighted by atomic mass is 79.9. The Morgan fingerprint density at radius 1 is 1.50 bits per heavy atom. The van der Waals surface area contributed by atoms with Crippen molar-refractivity contribution in [3.63, 3.8) is 0 Å². The Morgan fingerprint density at radius 3 is 2.72 bits per heavy atom. The first-order valence-electron chi connectivity index (χ1n) is 6.59. The van der Waals surface area contributed by atoms with Crippen LogP contribution in [0.25, 0.3) is 0 Å². The van der Waals surface area contributed by atoms with Crippen LogP contribution in [-0.2, 0) is 4.79 Å². The Hall–Kier alpha value is -0.840. The number of carbonyl (C=O) groups excluding carboxylic acids is 1. The van der Waals surface area contributed by atoms with Crippen LogP contribution in [0.5, 0.6) is 0 Å². The van der Waals surface area contributed by atoms with Crippen LogP contribution in [0, 0.1) is 6.92 Å². The van der Waals surface area contributed by atoms with Gasteiger partial charge in [0.1, 0.15) is 6.04 Å². The molecule has 2 rings (SSSR count). The summed E-state index contributed by atoms with van der Waals surface area (Å²) in [5.74, 6) is 0.0666. The minimum Gasteiger partial charge on any atom is -0.352 e. The molecule has 1 fully saturated rings. The summed E-state index contributed by atoms with van der Waals surface area (Å²) in [6.45, 7) is 3.81. The third-order valence-electron chi connectivity index (χ3n) is 3.58. The maximum atomic E-state index is 12.1. The maximum Gasteiger partial charge on any atom is 0.244 e. The molecule has 1 aromatic heterocycles. The van der Waals surface area contributed by atoms with E-state index in [1.54, 1.807) is 4.68 Å². The van der Waals surface area contributed by atoms with E-state index in [9.17, 15) is 4.79 Å². The lowest BCUT2D eigenvalue weighted by Crippen LogP contribution is -2.40. The minimum absolute atomic E-state index is 0.0666. The van der Waals surface area contributed by atoms with Gasteiger partial charge in [0, 0.05) is 12.2 Å². The van der Waals surface area contributed by atoms with Crippen LogP contribution in [0.1, 0.15) is 50.8 Å². The molecule has 1 aliphatic carbocycles. The molecule has 0 aromatic carbocycles. The zero-order chi connectivity index (χ0) is 13.1. The second-order valence-corrected chi connectivity index (χ2v) is 5.92. The van der Waals surface area contributed by atoms with E-state index in [0.29, 0.717) is 6.04 Å². The fourth-order valence-corrected chi connectivity index (χ4v) is 2.64. The van der Waals surface area contributed by atoms with Gasteiger partial charge in [0.2, 0.25) is 5.91 Å². The van der Waals surface area contributed by atoms with Gasteiger partial charge in [-0.2, -0.15) is 5.10 Å². The van der Waals surface area contributed by atoms with Crippen molar-refractivity contribution in [3.8, 4) is 0 Å². The molecule has 1 heterocycles. The monoisotopic (exact) mass is 313 g/mol. The molecule has 0 saturated heterocycles. The standard InChI is InChI=1S/C13H20BrN3O/c1-9-12(14)8-17(16-9)10(2)13(18)15-11-6-4-3-5-7-11/h8,10-11H,3-7H2,1-2H3,(H,15,18)/t10-/m0/s1. The summed E-state index contributed by atoms with van der Waals surface area (Å²) in [6, 6.07) is 0.103. The van der Waals surface area contributed by atoms with Crippen molar-refractivity contribution < 1.29 is 4.79 Å². The second kappa shape index (κ2) is 5.87. The smallest absolute Gasteiger partial charge is 0.244 e. The van der Waals surface area contributed by atoms with Crippen LogP contribution in [-0.4, -0.2) is 21.7 Å². The number of aromatic nitrogens is 2. The molecule has 4 nitrogen and oxygen atoms in total. The van der Waals surface area contributed by atoms with Gasteiger partial charge in [-0.05, 0) is 42.6 Å². The highest BCUT2D eigenvalue weighted by molar-refractivity contribution is 9.10. The zero-order valence-electron chi connectivity index (χ0n) is 10.9.